The molecule has 0 unspecified atom stereocenters. The van der Waals surface area contributed by atoms with Gasteiger partial charge in [0.15, 0.2) is 11.4 Å². The van der Waals surface area contributed by atoms with Crippen LogP contribution in [0.5, 0.6) is 0 Å². The number of nitrogens with zero attached hydrogens (tertiary/aromatic N) is 4. The summed E-state index contributed by atoms with van der Waals surface area (Å²) in [6, 6.07) is 66.8. The van der Waals surface area contributed by atoms with Gasteiger partial charge in [0.2, 0.25) is 0 Å². The van der Waals surface area contributed by atoms with Crippen LogP contribution in [0.3, 0.4) is 0 Å². The van der Waals surface area contributed by atoms with E-state index in [-0.39, 0.29) is 0 Å². The molecule has 0 bridgehead atoms. The first-order valence-corrected chi connectivity index (χ1v) is 20.3. The number of hydrogen-bond acceptors (Lipinski definition) is 5. The van der Waals surface area contributed by atoms with Crippen LogP contribution in [0.4, 0.5) is 17.1 Å². The zero-order valence-corrected chi connectivity index (χ0v) is 32.2. The Bertz CT molecular complexity index is 3730. The van der Waals surface area contributed by atoms with Crippen molar-refractivity contribution in [3.63, 3.8) is 0 Å². The molecule has 4 heterocycles. The van der Waals surface area contributed by atoms with Crippen molar-refractivity contribution in [3.05, 3.63) is 194 Å². The van der Waals surface area contributed by atoms with Gasteiger partial charge in [0.05, 0.1) is 16.9 Å². The molecule has 12 aromatic rings. The molecule has 0 N–H and O–H groups in total. The molecule has 0 atom stereocenters. The molecule has 13 rings (SSSR count). The maximum absolute atomic E-state index is 6.60. The molecule has 5 heteroatoms. The highest BCUT2D eigenvalue weighted by Gasteiger charge is 2.28. The van der Waals surface area contributed by atoms with Crippen molar-refractivity contribution in [2.75, 3.05) is 4.90 Å². The summed E-state index contributed by atoms with van der Waals surface area (Å²) in [5, 5.41) is 9.11. The van der Waals surface area contributed by atoms with E-state index in [0.717, 1.165) is 83.2 Å². The smallest absolute Gasteiger partial charge is 0.180 e. The average Bonchev–Trinajstić information content (AvgIpc) is 3.69. The molecular formula is C55H32N4O. The van der Waals surface area contributed by atoms with Gasteiger partial charge in [0.25, 0.3) is 0 Å². The molecule has 0 fully saturated rings. The summed E-state index contributed by atoms with van der Waals surface area (Å²) in [7, 11) is 0. The van der Waals surface area contributed by atoms with E-state index in [1.807, 2.05) is 30.5 Å². The van der Waals surface area contributed by atoms with Gasteiger partial charge < -0.3 is 9.32 Å². The Hall–Kier alpha value is -8.15. The Morgan fingerprint density at radius 2 is 1.10 bits per heavy atom. The minimum Gasteiger partial charge on any atom is -0.452 e. The van der Waals surface area contributed by atoms with Gasteiger partial charge in [-0.15, -0.1) is 0 Å². The molecule has 5 nitrogen and oxygen atoms in total. The summed E-state index contributed by atoms with van der Waals surface area (Å²) in [4.78, 5) is 18.0. The van der Waals surface area contributed by atoms with E-state index in [0.29, 0.717) is 11.4 Å². The van der Waals surface area contributed by atoms with Crippen molar-refractivity contribution in [2.45, 2.75) is 0 Å². The SMILES string of the molecule is c1ccc2cc3c(cc2c1)-c1cccc2cccc(c12)N3c1cc(-c2nc(-c3ccc(-c4cccc5cccnc45)cc3)c3oc4ccccc4c3n2)c2ccccc2c1. The number of rotatable bonds is 4. The van der Waals surface area contributed by atoms with Gasteiger partial charge in [-0.1, -0.05) is 140 Å². The van der Waals surface area contributed by atoms with Crippen LogP contribution in [0.15, 0.2) is 199 Å². The molecule has 0 spiro atoms. The van der Waals surface area contributed by atoms with Gasteiger partial charge >= 0.3 is 0 Å². The molecule has 0 radical (unpaired) electrons. The number of fused-ring (bicyclic) bond motifs is 8. The highest BCUT2D eigenvalue weighted by molar-refractivity contribution is 6.16. The number of pyridine rings is 1. The largest absolute Gasteiger partial charge is 0.452 e. The monoisotopic (exact) mass is 764 g/mol. The van der Waals surface area contributed by atoms with Crippen LogP contribution in [-0.2, 0) is 0 Å². The van der Waals surface area contributed by atoms with Crippen molar-refractivity contribution in [1.29, 1.82) is 0 Å². The van der Waals surface area contributed by atoms with E-state index < -0.39 is 0 Å². The van der Waals surface area contributed by atoms with E-state index >= 15 is 0 Å². The van der Waals surface area contributed by atoms with Crippen molar-refractivity contribution in [3.8, 4) is 44.9 Å². The predicted molar refractivity (Wildman–Crippen MR) is 247 cm³/mol. The zero-order valence-electron chi connectivity index (χ0n) is 32.2. The third-order valence-corrected chi connectivity index (χ3v) is 12.2. The first-order valence-electron chi connectivity index (χ1n) is 20.3. The highest BCUT2D eigenvalue weighted by Crippen LogP contribution is 2.53. The number of aromatic nitrogens is 3. The molecule has 0 aliphatic carbocycles. The standard InChI is InChI=1S/C55H32N4O/c1-2-12-38-31-48-45(30-37(38)11-1)43-21-7-14-34-15-9-22-47(50(34)43)59(48)40-29-39-13-3-4-18-41(39)46(32-40)55-57-52(54-53(58-55)44-19-5-6-23-49(44)60-54)36-26-24-33(25-27-36)42-20-8-16-35-17-10-28-56-51(35)42/h1-32H. The molecule has 1 aliphatic heterocycles. The van der Waals surface area contributed by atoms with E-state index in [9.17, 15) is 0 Å². The van der Waals surface area contributed by atoms with Gasteiger partial charge in [-0.3, -0.25) is 4.98 Å². The lowest BCUT2D eigenvalue weighted by Crippen LogP contribution is -2.15. The molecule has 0 saturated heterocycles. The van der Waals surface area contributed by atoms with Crippen molar-refractivity contribution >= 4 is 82.4 Å². The second-order valence-electron chi connectivity index (χ2n) is 15.6. The molecular weight excluding hydrogens is 733 g/mol. The Balaban J connectivity index is 1.05. The minimum absolute atomic E-state index is 0.638. The molecule has 9 aromatic carbocycles. The van der Waals surface area contributed by atoms with Crippen LogP contribution in [-0.4, -0.2) is 15.0 Å². The lowest BCUT2D eigenvalue weighted by molar-refractivity contribution is 0.667. The van der Waals surface area contributed by atoms with Crippen molar-refractivity contribution < 1.29 is 4.42 Å². The first kappa shape index (κ1) is 32.9. The zero-order chi connectivity index (χ0) is 39.3. The predicted octanol–water partition coefficient (Wildman–Crippen LogP) is 14.8. The van der Waals surface area contributed by atoms with E-state index in [4.69, 9.17) is 19.4 Å². The molecule has 0 saturated carbocycles. The topological polar surface area (TPSA) is 55.1 Å². The van der Waals surface area contributed by atoms with Crippen LogP contribution in [0.25, 0.3) is 110 Å². The summed E-state index contributed by atoms with van der Waals surface area (Å²) in [6.45, 7) is 0. The first-order chi connectivity index (χ1) is 29.7. The average molecular weight is 765 g/mol. The molecule has 3 aromatic heterocycles. The Morgan fingerprint density at radius 1 is 0.417 bits per heavy atom. The number of hydrogen-bond donors (Lipinski definition) is 0. The van der Waals surface area contributed by atoms with Crippen LogP contribution in [0.1, 0.15) is 0 Å². The lowest BCUT2D eigenvalue weighted by Gasteiger charge is -2.34. The van der Waals surface area contributed by atoms with Gasteiger partial charge in [-0.2, -0.15) is 0 Å². The van der Waals surface area contributed by atoms with Gasteiger partial charge in [0.1, 0.15) is 16.8 Å². The third-order valence-electron chi connectivity index (χ3n) is 12.2. The van der Waals surface area contributed by atoms with E-state index in [1.165, 1.54) is 32.7 Å². The maximum Gasteiger partial charge on any atom is 0.180 e. The van der Waals surface area contributed by atoms with Gasteiger partial charge in [-0.25, -0.2) is 9.97 Å². The van der Waals surface area contributed by atoms with Crippen molar-refractivity contribution in [2.24, 2.45) is 0 Å². The Kier molecular flexibility index (Phi) is 6.95. The number of benzene rings is 9. The number of anilines is 3. The fourth-order valence-electron chi connectivity index (χ4n) is 9.43. The van der Waals surface area contributed by atoms with Crippen LogP contribution < -0.4 is 4.90 Å². The van der Waals surface area contributed by atoms with Crippen LogP contribution in [0, 0.1) is 0 Å². The summed E-state index contributed by atoms with van der Waals surface area (Å²) in [5.74, 6) is 0.638. The third kappa shape index (κ3) is 4.90. The summed E-state index contributed by atoms with van der Waals surface area (Å²) in [6.07, 6.45) is 1.85. The summed E-state index contributed by atoms with van der Waals surface area (Å²) >= 11 is 0. The highest BCUT2D eigenvalue weighted by atomic mass is 16.3. The quantitative estimate of drug-likeness (QED) is 0.179. The minimum atomic E-state index is 0.638. The van der Waals surface area contributed by atoms with Gasteiger partial charge in [0, 0.05) is 50.3 Å². The van der Waals surface area contributed by atoms with Crippen LogP contribution >= 0.6 is 0 Å². The fraction of sp³-hybridized carbons (Fsp3) is 0. The summed E-state index contributed by atoms with van der Waals surface area (Å²) in [5.41, 5.74) is 13.8. The van der Waals surface area contributed by atoms with Crippen molar-refractivity contribution in [1.82, 2.24) is 15.0 Å². The van der Waals surface area contributed by atoms with Crippen LogP contribution in [0.2, 0.25) is 0 Å². The molecule has 1 aliphatic rings. The fourth-order valence-corrected chi connectivity index (χ4v) is 9.43. The second kappa shape index (κ2) is 12.7. The lowest BCUT2D eigenvalue weighted by atomic mass is 9.89. The molecule has 278 valence electrons. The normalized spacial score (nSPS) is 12.3. The number of para-hydroxylation sites is 2. The molecule has 60 heavy (non-hydrogen) atoms. The van der Waals surface area contributed by atoms with Gasteiger partial charge in [-0.05, 0) is 86.6 Å². The van der Waals surface area contributed by atoms with E-state index in [1.54, 1.807) is 0 Å². The summed E-state index contributed by atoms with van der Waals surface area (Å²) < 4.78 is 6.60. The van der Waals surface area contributed by atoms with E-state index in [2.05, 4.69) is 169 Å². The molecule has 0 amide bonds. The number of furan rings is 1. The Morgan fingerprint density at radius 3 is 1.97 bits per heavy atom. The second-order valence-corrected chi connectivity index (χ2v) is 15.6. The maximum atomic E-state index is 6.60. The Labute approximate surface area is 344 Å².